The third kappa shape index (κ3) is 55.5. The number of aliphatic hydroxyl groups excluding tert-OH is 2. The van der Waals surface area contributed by atoms with Crippen LogP contribution in [0.15, 0.2) is 0 Å². The van der Waals surface area contributed by atoms with Crippen LogP contribution < -0.4 is 21.3 Å². The van der Waals surface area contributed by atoms with E-state index in [0.29, 0.717) is 38.9 Å². The lowest BCUT2D eigenvalue weighted by molar-refractivity contribution is -0.123. The summed E-state index contributed by atoms with van der Waals surface area (Å²) in [5.74, 6) is -0.252. The molecule has 0 aliphatic rings. The molecule has 0 radical (unpaired) electrons. The van der Waals surface area contributed by atoms with Crippen LogP contribution in [0.5, 0.6) is 0 Å². The van der Waals surface area contributed by atoms with Crippen LogP contribution >= 0.6 is 15.2 Å². The quantitative estimate of drug-likeness (QED) is 0.0246. The van der Waals surface area contributed by atoms with Gasteiger partial charge in [0.15, 0.2) is 0 Å². The van der Waals surface area contributed by atoms with Gasteiger partial charge in [-0.25, -0.2) is 4.79 Å². The van der Waals surface area contributed by atoms with Crippen molar-refractivity contribution in [2.45, 2.75) is 296 Å². The van der Waals surface area contributed by atoms with Crippen molar-refractivity contribution in [2.75, 3.05) is 79.3 Å². The average molecular weight is 1180 g/mol. The van der Waals surface area contributed by atoms with E-state index in [9.17, 15) is 33.7 Å². The number of ether oxygens (including phenoxy) is 2. The molecule has 0 saturated heterocycles. The van der Waals surface area contributed by atoms with Crippen LogP contribution in [0.3, 0.4) is 0 Å². The van der Waals surface area contributed by atoms with Crippen LogP contribution in [0.4, 0.5) is 4.79 Å². The molecule has 0 fully saturated rings. The van der Waals surface area contributed by atoms with Gasteiger partial charge in [0, 0.05) is 52.5 Å². The Labute approximate surface area is 489 Å². The summed E-state index contributed by atoms with van der Waals surface area (Å²) in [5.41, 5.74) is 0. The van der Waals surface area contributed by atoms with Gasteiger partial charge in [0.1, 0.15) is 0 Å². The number of hydrogen-bond donors (Lipinski definition) is 6. The van der Waals surface area contributed by atoms with Crippen molar-refractivity contribution in [1.29, 1.82) is 0 Å². The summed E-state index contributed by atoms with van der Waals surface area (Å²) in [6, 6.07) is -1.71. The number of rotatable bonds is 62. The van der Waals surface area contributed by atoms with Crippen LogP contribution in [0.1, 0.15) is 272 Å². The third-order valence-electron chi connectivity index (χ3n) is 14.3. The van der Waals surface area contributed by atoms with Gasteiger partial charge < -0.3 is 59.0 Å². The van der Waals surface area contributed by atoms with E-state index in [1.165, 1.54) is 155 Å². The maximum Gasteiger partial charge on any atom is 0.327 e. The molecule has 19 heteroatoms. The minimum atomic E-state index is -3.60. The highest BCUT2D eigenvalue weighted by atomic mass is 31.2. The highest BCUT2D eigenvalue weighted by molar-refractivity contribution is 7.53. The smallest absolute Gasteiger partial charge is 0.327 e. The van der Waals surface area contributed by atoms with Crippen molar-refractivity contribution in [3.05, 3.63) is 0 Å². The lowest BCUT2D eigenvalue weighted by Gasteiger charge is -2.22. The molecular weight excluding hydrogens is 1060 g/mol. The Hall–Kier alpha value is -1.65. The zero-order chi connectivity index (χ0) is 59.1. The second-order valence-electron chi connectivity index (χ2n) is 22.5. The molecule has 0 aliphatic carbocycles. The highest BCUT2D eigenvalue weighted by Gasteiger charge is 2.24. The molecule has 80 heavy (non-hydrogen) atoms. The predicted octanol–water partition coefficient (Wildman–Crippen LogP) is 14.6. The van der Waals surface area contributed by atoms with Crippen molar-refractivity contribution in [3.8, 4) is 0 Å². The fourth-order valence-electron chi connectivity index (χ4n) is 9.25. The Bertz CT molecular complexity index is 1410. The first-order valence-electron chi connectivity index (χ1n) is 32.5. The van der Waals surface area contributed by atoms with Gasteiger partial charge in [-0.1, -0.05) is 220 Å². The Morgan fingerprint density at radius 3 is 0.975 bits per heavy atom. The van der Waals surface area contributed by atoms with Crippen LogP contribution in [0.2, 0.25) is 0 Å². The number of carbonyl (C=O) groups excluding carboxylic acids is 3. The van der Waals surface area contributed by atoms with Crippen molar-refractivity contribution in [3.63, 3.8) is 0 Å². The van der Waals surface area contributed by atoms with Crippen molar-refractivity contribution >= 4 is 33.0 Å². The van der Waals surface area contributed by atoms with E-state index in [0.717, 1.165) is 77.0 Å². The molecule has 0 aliphatic heterocycles. The van der Waals surface area contributed by atoms with Gasteiger partial charge in [0.2, 0.25) is 11.8 Å². The molecule has 0 spiro atoms. The summed E-state index contributed by atoms with van der Waals surface area (Å²) in [7, 11) is -7.20. The molecule has 6 atom stereocenters. The number of carbonyl (C=O) groups is 3. The van der Waals surface area contributed by atoms with Crippen LogP contribution in [-0.4, -0.2) is 132 Å². The highest BCUT2D eigenvalue weighted by Crippen LogP contribution is 2.44. The first-order chi connectivity index (χ1) is 38.7. The summed E-state index contributed by atoms with van der Waals surface area (Å²) < 4.78 is 60.8. The average Bonchev–Trinajstić information content (AvgIpc) is 3.42. The van der Waals surface area contributed by atoms with Gasteiger partial charge in [-0.15, -0.1) is 0 Å². The Morgan fingerprint density at radius 1 is 0.375 bits per heavy atom. The molecule has 0 bridgehead atoms. The van der Waals surface area contributed by atoms with Gasteiger partial charge in [-0.3, -0.25) is 18.7 Å². The monoisotopic (exact) mass is 1180 g/mol. The third-order valence-corrected chi connectivity index (χ3v) is 16.8. The molecule has 0 aromatic carbocycles. The van der Waals surface area contributed by atoms with Crippen LogP contribution in [0, 0.1) is 0 Å². The zero-order valence-corrected chi connectivity index (χ0v) is 53.8. The molecule has 4 amide bonds. The van der Waals surface area contributed by atoms with E-state index >= 15 is 0 Å². The number of nitrogens with one attached hydrogen (secondary N) is 4. The van der Waals surface area contributed by atoms with Gasteiger partial charge in [0.25, 0.3) is 0 Å². The number of hydrogen-bond acceptors (Lipinski definition) is 13. The maximum atomic E-state index is 13.3. The molecule has 476 valence electrons. The molecule has 4 unspecified atom stereocenters. The maximum absolute atomic E-state index is 13.3. The van der Waals surface area contributed by atoms with Crippen molar-refractivity contribution in [1.82, 2.24) is 21.3 Å². The molecular formula is C61H124N4O13P2. The number of amides is 4. The molecule has 0 aromatic rings. The van der Waals surface area contributed by atoms with E-state index in [-0.39, 0.29) is 64.5 Å². The topological polar surface area (TPSA) is 229 Å². The molecule has 0 saturated carbocycles. The number of aliphatic hydroxyl groups is 2. The summed E-state index contributed by atoms with van der Waals surface area (Å²) in [4.78, 5) is 38.5. The standard InChI is InChI=1S/C61H124N4O13P2/c1-7-11-15-19-21-23-25-27-29-33-37-41-59(68)64-55(51-73-47-43-57(66)39-35-31-17-13-9-3)53-77-79(5,71)75-49-45-62-61(70)63-46-50-76-80(6,72)78-54-56(52-74-48-44-58(67)40-36-32-18-14-10-4)65-60(69)42-38-34-30-28-26-24-22-20-16-12-8-2/h55-58,66-67H,7-54H2,1-6H3,(H,64,68)(H,65,69)(H2,62,63,70)/t55-,56-,57?,58?,79?,80?/m0/s1. The molecule has 0 rings (SSSR count). The van der Waals surface area contributed by atoms with Gasteiger partial charge in [-0.05, 0) is 38.5 Å². The zero-order valence-electron chi connectivity index (χ0n) is 52.0. The molecule has 0 heterocycles. The Kier molecular flexibility index (Phi) is 55.3. The van der Waals surface area contributed by atoms with E-state index in [1.807, 2.05) is 0 Å². The fraction of sp³-hybridized carbons (Fsp3) is 0.951. The minimum absolute atomic E-state index is 0.0128. The van der Waals surface area contributed by atoms with E-state index < -0.39 is 45.5 Å². The minimum Gasteiger partial charge on any atom is -0.393 e. The first-order valence-corrected chi connectivity index (χ1v) is 36.5. The predicted molar refractivity (Wildman–Crippen MR) is 328 cm³/mol. The number of urea groups is 1. The van der Waals surface area contributed by atoms with Gasteiger partial charge in [0.05, 0.1) is 63.9 Å². The summed E-state index contributed by atoms with van der Waals surface area (Å²) in [5, 5.41) is 32.1. The van der Waals surface area contributed by atoms with E-state index in [1.54, 1.807) is 0 Å². The van der Waals surface area contributed by atoms with E-state index in [2.05, 4.69) is 49.0 Å². The molecule has 6 N–H and O–H groups in total. The lowest BCUT2D eigenvalue weighted by atomic mass is 10.1. The fourth-order valence-corrected chi connectivity index (χ4v) is 11.1. The summed E-state index contributed by atoms with van der Waals surface area (Å²) in [6.45, 7) is 12.0. The van der Waals surface area contributed by atoms with E-state index in [4.69, 9.17) is 27.6 Å². The Balaban J connectivity index is 4.90. The van der Waals surface area contributed by atoms with Crippen molar-refractivity contribution in [2.24, 2.45) is 0 Å². The first kappa shape index (κ1) is 78.4. The SMILES string of the molecule is CCCCCCCCCCCCCC(=O)N[C@@H](COCCC(O)CCCCCCC)COP(C)(=O)OCCNC(=O)NCCOP(C)(=O)OC[C@H](COCCC(O)CCCCCCC)NC(=O)CCCCCCCCCCCCC. The second kappa shape index (κ2) is 56.5. The normalized spacial score (nSPS) is 14.7. The number of unbranched alkanes of at least 4 members (excludes halogenated alkanes) is 28. The summed E-state index contributed by atoms with van der Waals surface area (Å²) >= 11 is 0. The van der Waals surface area contributed by atoms with Crippen LogP contribution in [-0.2, 0) is 46.3 Å². The lowest BCUT2D eigenvalue weighted by Crippen LogP contribution is -2.41. The van der Waals surface area contributed by atoms with Gasteiger partial charge in [-0.2, -0.15) is 0 Å². The molecule has 0 aromatic heterocycles. The van der Waals surface area contributed by atoms with Gasteiger partial charge >= 0.3 is 21.2 Å². The Morgan fingerprint density at radius 2 is 0.662 bits per heavy atom. The molecule has 17 nitrogen and oxygen atoms in total. The van der Waals surface area contributed by atoms with Crippen molar-refractivity contribution < 1.29 is 61.3 Å². The largest absolute Gasteiger partial charge is 0.393 e. The summed E-state index contributed by atoms with van der Waals surface area (Å²) in [6.07, 6.45) is 39.7. The second-order valence-corrected chi connectivity index (χ2v) is 26.6. The van der Waals surface area contributed by atoms with Crippen LogP contribution in [0.25, 0.3) is 0 Å².